The molecule has 4 rings (SSSR count). The van der Waals surface area contributed by atoms with Crippen molar-refractivity contribution >= 4 is 17.0 Å². The Morgan fingerprint density at radius 1 is 1.07 bits per heavy atom. The summed E-state index contributed by atoms with van der Waals surface area (Å²) >= 11 is 0. The normalized spacial score (nSPS) is 12.1. The first-order valence-electron chi connectivity index (χ1n) is 8.72. The Labute approximate surface area is 162 Å². The Morgan fingerprint density at radius 2 is 1.83 bits per heavy atom. The van der Waals surface area contributed by atoms with E-state index in [0.29, 0.717) is 0 Å². The number of rotatable bonds is 4. The van der Waals surface area contributed by atoms with E-state index in [9.17, 15) is 18.4 Å². The van der Waals surface area contributed by atoms with E-state index < -0.39 is 17.1 Å². The van der Waals surface area contributed by atoms with Gasteiger partial charge in [0, 0.05) is 6.20 Å². The van der Waals surface area contributed by atoms with E-state index in [0.717, 1.165) is 16.2 Å². The standard InChI is InChI=1S/C20H15F2N5O2/c1-11(12-5-7-13(21)8-6-12)24-19-23-10-16-17(25-19)26-20(29)27(18(16)28)15-4-2-3-14(22)9-15/h2-11H,1H3,(H2,23,24,25,26,29)/t11-/m1/s1. The smallest absolute Gasteiger partial charge is 0.334 e. The summed E-state index contributed by atoms with van der Waals surface area (Å²) < 4.78 is 27.4. The molecule has 0 bridgehead atoms. The summed E-state index contributed by atoms with van der Waals surface area (Å²) in [6.45, 7) is 1.84. The van der Waals surface area contributed by atoms with Crippen molar-refractivity contribution in [2.75, 3.05) is 5.32 Å². The molecule has 0 saturated carbocycles. The summed E-state index contributed by atoms with van der Waals surface area (Å²) in [7, 11) is 0. The van der Waals surface area contributed by atoms with Gasteiger partial charge in [-0.3, -0.25) is 9.78 Å². The van der Waals surface area contributed by atoms with Crippen LogP contribution in [0.4, 0.5) is 14.7 Å². The topological polar surface area (TPSA) is 92.7 Å². The summed E-state index contributed by atoms with van der Waals surface area (Å²) in [5.74, 6) is -0.720. The SMILES string of the molecule is C[C@@H](Nc1ncc2c(=O)n(-c3cccc(F)c3)c(=O)[nH]c2n1)c1ccc(F)cc1. The third-order valence-corrected chi connectivity index (χ3v) is 4.43. The Balaban J connectivity index is 1.72. The molecule has 2 aromatic heterocycles. The Bertz CT molecular complexity index is 1320. The highest BCUT2D eigenvalue weighted by Gasteiger charge is 2.13. The van der Waals surface area contributed by atoms with Crippen molar-refractivity contribution in [2.24, 2.45) is 0 Å². The predicted molar refractivity (Wildman–Crippen MR) is 104 cm³/mol. The number of H-pyrrole nitrogens is 1. The van der Waals surface area contributed by atoms with Gasteiger partial charge in [0.1, 0.15) is 17.0 Å². The van der Waals surface area contributed by atoms with Gasteiger partial charge in [-0.05, 0) is 42.8 Å². The zero-order valence-corrected chi connectivity index (χ0v) is 15.2. The van der Waals surface area contributed by atoms with E-state index in [1.807, 2.05) is 6.92 Å². The monoisotopic (exact) mass is 395 g/mol. The number of aromatic amines is 1. The van der Waals surface area contributed by atoms with Crippen molar-refractivity contribution in [3.8, 4) is 5.69 Å². The maximum Gasteiger partial charge on any atom is 0.334 e. The molecule has 29 heavy (non-hydrogen) atoms. The van der Waals surface area contributed by atoms with Gasteiger partial charge in [-0.25, -0.2) is 23.1 Å². The number of nitrogens with zero attached hydrogens (tertiary/aromatic N) is 3. The minimum absolute atomic E-state index is 0.0523. The highest BCUT2D eigenvalue weighted by Crippen LogP contribution is 2.18. The average Bonchev–Trinajstić information content (AvgIpc) is 2.68. The summed E-state index contributed by atoms with van der Waals surface area (Å²) in [6, 6.07) is 10.9. The zero-order valence-electron chi connectivity index (χ0n) is 15.2. The third kappa shape index (κ3) is 3.62. The van der Waals surface area contributed by atoms with E-state index >= 15 is 0 Å². The summed E-state index contributed by atoms with van der Waals surface area (Å²) in [4.78, 5) is 36.0. The molecular weight excluding hydrogens is 380 g/mol. The second-order valence-corrected chi connectivity index (χ2v) is 6.42. The van der Waals surface area contributed by atoms with Crippen molar-refractivity contribution < 1.29 is 8.78 Å². The molecular formula is C20H15F2N5O2. The molecule has 9 heteroatoms. The fraction of sp³-hybridized carbons (Fsp3) is 0.100. The van der Waals surface area contributed by atoms with Gasteiger partial charge < -0.3 is 5.32 Å². The Kier molecular flexibility index (Phi) is 4.63. The maximum atomic E-state index is 13.5. The molecule has 146 valence electrons. The molecule has 2 aromatic carbocycles. The maximum absolute atomic E-state index is 13.5. The number of benzene rings is 2. The number of fused-ring (bicyclic) bond motifs is 1. The van der Waals surface area contributed by atoms with Crippen molar-refractivity contribution in [1.29, 1.82) is 0 Å². The van der Waals surface area contributed by atoms with Crippen LogP contribution in [-0.4, -0.2) is 19.5 Å². The molecule has 0 aliphatic carbocycles. The van der Waals surface area contributed by atoms with Gasteiger partial charge in [0.2, 0.25) is 5.95 Å². The third-order valence-electron chi connectivity index (χ3n) is 4.43. The van der Waals surface area contributed by atoms with Crippen LogP contribution in [0.2, 0.25) is 0 Å². The molecule has 0 aliphatic heterocycles. The first-order valence-corrected chi connectivity index (χ1v) is 8.72. The van der Waals surface area contributed by atoms with Crippen molar-refractivity contribution in [3.63, 3.8) is 0 Å². The lowest BCUT2D eigenvalue weighted by Crippen LogP contribution is -2.34. The van der Waals surface area contributed by atoms with Crippen LogP contribution in [-0.2, 0) is 0 Å². The molecule has 0 saturated heterocycles. The van der Waals surface area contributed by atoms with Crippen LogP contribution in [0.3, 0.4) is 0 Å². The lowest BCUT2D eigenvalue weighted by molar-refractivity contribution is 0.625. The fourth-order valence-corrected chi connectivity index (χ4v) is 2.95. The van der Waals surface area contributed by atoms with Crippen LogP contribution < -0.4 is 16.6 Å². The molecule has 0 aliphatic rings. The average molecular weight is 395 g/mol. The number of halogens is 2. The van der Waals surface area contributed by atoms with Gasteiger partial charge >= 0.3 is 5.69 Å². The highest BCUT2D eigenvalue weighted by molar-refractivity contribution is 5.73. The second-order valence-electron chi connectivity index (χ2n) is 6.42. The minimum Gasteiger partial charge on any atom is -0.348 e. The number of hydrogen-bond acceptors (Lipinski definition) is 5. The fourth-order valence-electron chi connectivity index (χ4n) is 2.95. The summed E-state index contributed by atoms with van der Waals surface area (Å²) in [5.41, 5.74) is -0.441. The first-order chi connectivity index (χ1) is 13.9. The van der Waals surface area contributed by atoms with Crippen LogP contribution in [0.25, 0.3) is 16.7 Å². The number of hydrogen-bond donors (Lipinski definition) is 2. The number of anilines is 1. The van der Waals surface area contributed by atoms with Crippen LogP contribution >= 0.6 is 0 Å². The molecule has 0 unspecified atom stereocenters. The molecule has 2 heterocycles. The van der Waals surface area contributed by atoms with Crippen LogP contribution in [0.5, 0.6) is 0 Å². The molecule has 1 atom stereocenters. The van der Waals surface area contributed by atoms with Crippen molar-refractivity contribution in [1.82, 2.24) is 19.5 Å². The zero-order chi connectivity index (χ0) is 20.5. The van der Waals surface area contributed by atoms with E-state index in [4.69, 9.17) is 0 Å². The summed E-state index contributed by atoms with van der Waals surface area (Å²) in [5, 5.41) is 3.11. The lowest BCUT2D eigenvalue weighted by Gasteiger charge is -2.14. The first kappa shape index (κ1) is 18.5. The molecule has 4 aromatic rings. The van der Waals surface area contributed by atoms with Gasteiger partial charge in [0.25, 0.3) is 5.56 Å². The summed E-state index contributed by atoms with van der Waals surface area (Å²) in [6.07, 6.45) is 1.29. The van der Waals surface area contributed by atoms with E-state index in [-0.39, 0.29) is 34.5 Å². The predicted octanol–water partition coefficient (Wildman–Crippen LogP) is 2.92. The minimum atomic E-state index is -0.746. The van der Waals surface area contributed by atoms with E-state index in [1.54, 1.807) is 12.1 Å². The van der Waals surface area contributed by atoms with Gasteiger partial charge in [-0.1, -0.05) is 18.2 Å². The molecule has 0 spiro atoms. The van der Waals surface area contributed by atoms with Crippen molar-refractivity contribution in [2.45, 2.75) is 13.0 Å². The quantitative estimate of drug-likeness (QED) is 0.554. The van der Waals surface area contributed by atoms with Crippen LogP contribution in [0.1, 0.15) is 18.5 Å². The second kappa shape index (κ2) is 7.27. The van der Waals surface area contributed by atoms with Crippen LogP contribution in [0.15, 0.2) is 64.3 Å². The largest absolute Gasteiger partial charge is 0.348 e. The molecule has 0 amide bonds. The van der Waals surface area contributed by atoms with E-state index in [2.05, 4.69) is 20.3 Å². The van der Waals surface area contributed by atoms with Gasteiger partial charge in [0.05, 0.1) is 11.7 Å². The van der Waals surface area contributed by atoms with E-state index in [1.165, 1.54) is 36.5 Å². The molecule has 2 N–H and O–H groups in total. The Morgan fingerprint density at radius 3 is 2.55 bits per heavy atom. The number of aromatic nitrogens is 4. The lowest BCUT2D eigenvalue weighted by atomic mass is 10.1. The van der Waals surface area contributed by atoms with Gasteiger partial charge in [-0.15, -0.1) is 0 Å². The van der Waals surface area contributed by atoms with Gasteiger partial charge in [-0.2, -0.15) is 4.98 Å². The molecule has 7 nitrogen and oxygen atoms in total. The molecule has 0 radical (unpaired) electrons. The van der Waals surface area contributed by atoms with Crippen LogP contribution in [0, 0.1) is 11.6 Å². The highest BCUT2D eigenvalue weighted by atomic mass is 19.1. The van der Waals surface area contributed by atoms with Crippen molar-refractivity contribution in [3.05, 3.63) is 92.8 Å². The Hall–Kier alpha value is -3.88. The molecule has 0 fully saturated rings. The number of nitrogens with one attached hydrogen (secondary N) is 2. The van der Waals surface area contributed by atoms with Gasteiger partial charge in [0.15, 0.2) is 5.65 Å².